The van der Waals surface area contributed by atoms with Crippen molar-refractivity contribution in [2.45, 2.75) is 6.92 Å². The maximum Gasteiger partial charge on any atom is 0.286 e. The number of aliphatic imine (C=N–C) groups is 1. The monoisotopic (exact) mass is 346 g/mol. The van der Waals surface area contributed by atoms with Gasteiger partial charge in [0.25, 0.3) is 5.91 Å². The van der Waals surface area contributed by atoms with Crippen LogP contribution in [0, 0.1) is 0 Å². The molecule has 0 unspecified atom stereocenters. The number of benzene rings is 1. The fourth-order valence-corrected chi connectivity index (χ4v) is 4.02. The van der Waals surface area contributed by atoms with Crippen LogP contribution in [0.2, 0.25) is 0 Å². The van der Waals surface area contributed by atoms with E-state index in [1.807, 2.05) is 24.3 Å². The zero-order valence-corrected chi connectivity index (χ0v) is 14.4. The second kappa shape index (κ2) is 6.49. The Labute approximate surface area is 145 Å². The standard InChI is InChI=1S/C17H19N3O3S/c1-2-19-5-7-20(8-6-19)17-18-16(21)15(24-17)10-12-3-4-13-14(9-12)23-11-22-13/h3-4,9-10H,2,5-8,11H2,1H3/p+1/b15-10-. The highest BCUT2D eigenvalue weighted by Gasteiger charge is 2.29. The first-order valence-corrected chi connectivity index (χ1v) is 9.05. The number of ether oxygens (including phenoxy) is 2. The van der Waals surface area contributed by atoms with E-state index in [1.165, 1.54) is 11.8 Å². The van der Waals surface area contributed by atoms with Gasteiger partial charge in [-0.2, -0.15) is 4.99 Å². The number of amidine groups is 1. The van der Waals surface area contributed by atoms with Crippen molar-refractivity contribution in [1.82, 2.24) is 4.90 Å². The first-order chi connectivity index (χ1) is 11.7. The van der Waals surface area contributed by atoms with Crippen molar-refractivity contribution in [1.29, 1.82) is 0 Å². The molecule has 7 heteroatoms. The first kappa shape index (κ1) is 15.5. The lowest BCUT2D eigenvalue weighted by atomic mass is 10.2. The van der Waals surface area contributed by atoms with Gasteiger partial charge in [-0.15, -0.1) is 0 Å². The Morgan fingerprint density at radius 1 is 1.29 bits per heavy atom. The number of thioether (sulfide) groups is 1. The number of hydrogen-bond acceptors (Lipinski definition) is 5. The Kier molecular flexibility index (Phi) is 4.20. The van der Waals surface area contributed by atoms with E-state index in [0.717, 1.165) is 55.0 Å². The highest BCUT2D eigenvalue weighted by atomic mass is 32.2. The van der Waals surface area contributed by atoms with Gasteiger partial charge in [0.15, 0.2) is 16.7 Å². The molecule has 0 spiro atoms. The first-order valence-electron chi connectivity index (χ1n) is 8.23. The van der Waals surface area contributed by atoms with Gasteiger partial charge >= 0.3 is 0 Å². The maximum absolute atomic E-state index is 12.2. The molecular formula is C17H20N3O3S+. The molecule has 24 heavy (non-hydrogen) atoms. The third-order valence-electron chi connectivity index (χ3n) is 4.54. The molecule has 4 rings (SSSR count). The normalized spacial score (nSPS) is 22.4. The highest BCUT2D eigenvalue weighted by molar-refractivity contribution is 8.18. The summed E-state index contributed by atoms with van der Waals surface area (Å²) in [5.74, 6) is 1.31. The van der Waals surface area contributed by atoms with Gasteiger partial charge in [-0.25, -0.2) is 0 Å². The Balaban J connectivity index is 1.46. The molecule has 1 saturated heterocycles. The lowest BCUT2D eigenvalue weighted by molar-refractivity contribution is -0.902. The van der Waals surface area contributed by atoms with Crippen LogP contribution in [0.5, 0.6) is 11.5 Å². The summed E-state index contributed by atoms with van der Waals surface area (Å²) >= 11 is 1.47. The van der Waals surface area contributed by atoms with Gasteiger partial charge in [0.1, 0.15) is 0 Å². The van der Waals surface area contributed by atoms with Crippen LogP contribution in [-0.4, -0.2) is 55.5 Å². The fourth-order valence-electron chi connectivity index (χ4n) is 3.06. The van der Waals surface area contributed by atoms with E-state index in [2.05, 4.69) is 16.8 Å². The average molecular weight is 346 g/mol. The topological polar surface area (TPSA) is 55.6 Å². The lowest BCUT2D eigenvalue weighted by Crippen LogP contribution is -3.14. The van der Waals surface area contributed by atoms with Crippen molar-refractivity contribution >= 4 is 28.9 Å². The molecule has 0 radical (unpaired) electrons. The van der Waals surface area contributed by atoms with Crippen LogP contribution in [-0.2, 0) is 4.79 Å². The third kappa shape index (κ3) is 3.01. The molecular weight excluding hydrogens is 326 g/mol. The summed E-state index contributed by atoms with van der Waals surface area (Å²) in [6, 6.07) is 5.69. The minimum absolute atomic E-state index is 0.155. The molecule has 1 amide bonds. The van der Waals surface area contributed by atoms with E-state index >= 15 is 0 Å². The number of quaternary nitrogens is 1. The van der Waals surface area contributed by atoms with Crippen LogP contribution in [0.1, 0.15) is 12.5 Å². The van der Waals surface area contributed by atoms with E-state index < -0.39 is 0 Å². The minimum Gasteiger partial charge on any atom is -0.454 e. The molecule has 1 aromatic carbocycles. The predicted octanol–water partition coefficient (Wildman–Crippen LogP) is 0.606. The number of hydrogen-bond donors (Lipinski definition) is 1. The highest BCUT2D eigenvalue weighted by Crippen LogP contribution is 2.35. The number of fused-ring (bicyclic) bond motifs is 1. The van der Waals surface area contributed by atoms with E-state index in [4.69, 9.17) is 9.47 Å². The Morgan fingerprint density at radius 2 is 2.08 bits per heavy atom. The van der Waals surface area contributed by atoms with E-state index in [9.17, 15) is 4.79 Å². The van der Waals surface area contributed by atoms with Crippen molar-refractivity contribution in [2.75, 3.05) is 39.5 Å². The number of rotatable bonds is 2. The molecule has 0 saturated carbocycles. The summed E-state index contributed by atoms with van der Waals surface area (Å²) in [6.45, 7) is 7.74. The van der Waals surface area contributed by atoms with Gasteiger partial charge in [0.2, 0.25) is 6.79 Å². The Hall–Kier alpha value is -1.99. The molecule has 126 valence electrons. The molecule has 1 fully saturated rings. The fraction of sp³-hybridized carbons (Fsp3) is 0.412. The van der Waals surface area contributed by atoms with Crippen LogP contribution in [0.3, 0.4) is 0 Å². The molecule has 6 nitrogen and oxygen atoms in total. The van der Waals surface area contributed by atoms with Crippen molar-refractivity contribution in [3.63, 3.8) is 0 Å². The summed E-state index contributed by atoms with van der Waals surface area (Å²) in [4.78, 5) is 21.0. The van der Waals surface area contributed by atoms with Crippen molar-refractivity contribution in [2.24, 2.45) is 4.99 Å². The number of piperazine rings is 1. The Bertz CT molecular complexity index is 724. The van der Waals surface area contributed by atoms with Gasteiger partial charge in [-0.3, -0.25) is 4.79 Å². The minimum atomic E-state index is -0.155. The second-order valence-corrected chi connectivity index (χ2v) is 7.02. The van der Waals surface area contributed by atoms with Gasteiger partial charge in [-0.05, 0) is 42.5 Å². The zero-order chi connectivity index (χ0) is 16.5. The van der Waals surface area contributed by atoms with Crippen molar-refractivity contribution in [3.8, 4) is 11.5 Å². The van der Waals surface area contributed by atoms with Crippen molar-refractivity contribution < 1.29 is 19.2 Å². The average Bonchev–Trinajstić information content (AvgIpc) is 3.21. The van der Waals surface area contributed by atoms with Crippen LogP contribution in [0.25, 0.3) is 6.08 Å². The summed E-state index contributed by atoms with van der Waals surface area (Å²) in [6.07, 6.45) is 1.87. The van der Waals surface area contributed by atoms with Gasteiger partial charge in [0, 0.05) is 0 Å². The zero-order valence-electron chi connectivity index (χ0n) is 13.6. The van der Waals surface area contributed by atoms with Gasteiger partial charge in [-0.1, -0.05) is 6.07 Å². The quantitative estimate of drug-likeness (QED) is 0.795. The van der Waals surface area contributed by atoms with Crippen LogP contribution >= 0.6 is 11.8 Å². The largest absolute Gasteiger partial charge is 0.454 e. The van der Waals surface area contributed by atoms with E-state index in [1.54, 1.807) is 4.90 Å². The number of carbonyl (C=O) groups is 1. The molecule has 1 aromatic rings. The van der Waals surface area contributed by atoms with E-state index in [-0.39, 0.29) is 12.7 Å². The molecule has 3 aliphatic heterocycles. The maximum atomic E-state index is 12.2. The summed E-state index contributed by atoms with van der Waals surface area (Å²) in [5.41, 5.74) is 0.923. The van der Waals surface area contributed by atoms with E-state index in [0.29, 0.717) is 4.91 Å². The summed E-state index contributed by atoms with van der Waals surface area (Å²) < 4.78 is 10.7. The number of nitrogens with one attached hydrogen (secondary N) is 1. The molecule has 3 aliphatic rings. The Morgan fingerprint density at radius 3 is 2.88 bits per heavy atom. The number of carbonyl (C=O) groups excluding carboxylic acids is 1. The number of likely N-dealkylation sites (N-methyl/N-ethyl adjacent to an activating group) is 1. The predicted molar refractivity (Wildman–Crippen MR) is 93.4 cm³/mol. The molecule has 1 N–H and O–H groups in total. The molecule has 3 heterocycles. The smallest absolute Gasteiger partial charge is 0.286 e. The number of nitrogens with zero attached hydrogens (tertiary/aromatic N) is 2. The molecule has 0 atom stereocenters. The summed E-state index contributed by atoms with van der Waals surface area (Å²) in [5, 5.41) is 0.835. The van der Waals surface area contributed by atoms with Gasteiger partial charge < -0.3 is 19.3 Å². The molecule has 0 aromatic heterocycles. The summed E-state index contributed by atoms with van der Waals surface area (Å²) in [7, 11) is 0. The van der Waals surface area contributed by atoms with Gasteiger partial charge in [0.05, 0.1) is 37.6 Å². The van der Waals surface area contributed by atoms with Crippen molar-refractivity contribution in [3.05, 3.63) is 28.7 Å². The lowest BCUT2D eigenvalue weighted by Gasteiger charge is -2.32. The molecule has 0 aliphatic carbocycles. The number of amides is 1. The third-order valence-corrected chi connectivity index (χ3v) is 5.59. The van der Waals surface area contributed by atoms with Crippen LogP contribution < -0.4 is 14.4 Å². The SMILES string of the molecule is CC[NH+]1CCN(C2=NC(=O)/C(=C/c3ccc4c(c3)OCO4)S2)CC1. The second-order valence-electron chi connectivity index (χ2n) is 6.01. The van der Waals surface area contributed by atoms with Crippen LogP contribution in [0.15, 0.2) is 28.1 Å². The molecule has 0 bridgehead atoms. The van der Waals surface area contributed by atoms with Crippen LogP contribution in [0.4, 0.5) is 0 Å².